The van der Waals surface area contributed by atoms with Gasteiger partial charge in [-0.05, 0) is 44.5 Å². The van der Waals surface area contributed by atoms with E-state index >= 15 is 0 Å². The fraction of sp³-hybridized carbons (Fsp3) is 0.391. The average molecular weight is 475 g/mol. The molecule has 0 unspecified atom stereocenters. The Bertz CT molecular complexity index is 1170. The molecule has 0 aliphatic carbocycles. The van der Waals surface area contributed by atoms with E-state index in [0.717, 1.165) is 24.1 Å². The summed E-state index contributed by atoms with van der Waals surface area (Å²) in [6.07, 6.45) is 1.56. The monoisotopic (exact) mass is 474 g/mol. The zero-order valence-corrected chi connectivity index (χ0v) is 19.9. The SMILES string of the molecule is Cc1ccc(-c2noc(CCCN3CCN(S(=O)(=O)c4ccc(C)cc4Cl)CC3)n2)cc1. The van der Waals surface area contributed by atoms with Crippen LogP contribution in [-0.4, -0.2) is 60.5 Å². The van der Waals surface area contributed by atoms with Crippen LogP contribution in [0.1, 0.15) is 23.4 Å². The van der Waals surface area contributed by atoms with Gasteiger partial charge in [-0.25, -0.2) is 8.42 Å². The van der Waals surface area contributed by atoms with Crippen molar-refractivity contribution in [3.63, 3.8) is 0 Å². The van der Waals surface area contributed by atoms with Crippen LogP contribution in [0, 0.1) is 13.8 Å². The Hall–Kier alpha value is -2.26. The summed E-state index contributed by atoms with van der Waals surface area (Å²) in [5, 5.41) is 4.35. The van der Waals surface area contributed by atoms with Crippen LogP contribution >= 0.6 is 11.6 Å². The second-order valence-corrected chi connectivity index (χ2v) is 10.5. The molecule has 1 aromatic heterocycles. The lowest BCUT2D eigenvalue weighted by molar-refractivity contribution is 0.185. The highest BCUT2D eigenvalue weighted by molar-refractivity contribution is 7.89. The van der Waals surface area contributed by atoms with E-state index in [9.17, 15) is 8.42 Å². The molecule has 2 aromatic carbocycles. The average Bonchev–Trinajstić information content (AvgIpc) is 3.23. The van der Waals surface area contributed by atoms with Crippen molar-refractivity contribution in [3.8, 4) is 11.4 Å². The molecule has 7 nitrogen and oxygen atoms in total. The molecule has 9 heteroatoms. The van der Waals surface area contributed by atoms with Gasteiger partial charge in [-0.1, -0.05) is 52.7 Å². The van der Waals surface area contributed by atoms with Crippen LogP contribution in [0.2, 0.25) is 5.02 Å². The lowest BCUT2D eigenvalue weighted by Gasteiger charge is -2.34. The van der Waals surface area contributed by atoms with Gasteiger partial charge < -0.3 is 9.42 Å². The van der Waals surface area contributed by atoms with Crippen LogP contribution in [0.3, 0.4) is 0 Å². The molecule has 1 fully saturated rings. The summed E-state index contributed by atoms with van der Waals surface area (Å²) in [5.74, 6) is 1.23. The highest BCUT2D eigenvalue weighted by atomic mass is 35.5. The van der Waals surface area contributed by atoms with E-state index in [2.05, 4.69) is 15.0 Å². The van der Waals surface area contributed by atoms with Crippen LogP contribution in [0.25, 0.3) is 11.4 Å². The smallest absolute Gasteiger partial charge is 0.244 e. The third-order valence-electron chi connectivity index (χ3n) is 5.68. The molecular weight excluding hydrogens is 448 g/mol. The molecule has 4 rings (SSSR count). The minimum absolute atomic E-state index is 0.180. The number of piperazine rings is 1. The third kappa shape index (κ3) is 5.20. The second-order valence-electron chi connectivity index (χ2n) is 8.16. The quantitative estimate of drug-likeness (QED) is 0.516. The largest absolute Gasteiger partial charge is 0.339 e. The van der Waals surface area contributed by atoms with E-state index in [1.807, 2.05) is 38.1 Å². The molecule has 0 amide bonds. The molecule has 3 aromatic rings. The van der Waals surface area contributed by atoms with Gasteiger partial charge >= 0.3 is 0 Å². The molecule has 0 atom stereocenters. The van der Waals surface area contributed by atoms with Gasteiger partial charge in [0.15, 0.2) is 0 Å². The van der Waals surface area contributed by atoms with Crippen LogP contribution in [0.5, 0.6) is 0 Å². The molecule has 0 saturated carbocycles. The summed E-state index contributed by atoms with van der Waals surface area (Å²) >= 11 is 6.20. The van der Waals surface area contributed by atoms with Crippen molar-refractivity contribution in [1.82, 2.24) is 19.3 Å². The topological polar surface area (TPSA) is 79.5 Å². The molecular formula is C23H27ClN4O3S. The van der Waals surface area contributed by atoms with E-state index in [1.165, 1.54) is 9.87 Å². The fourth-order valence-electron chi connectivity index (χ4n) is 3.78. The van der Waals surface area contributed by atoms with E-state index in [0.29, 0.717) is 44.3 Å². The normalized spacial score (nSPS) is 15.8. The number of hydrogen-bond donors (Lipinski definition) is 0. The zero-order chi connectivity index (χ0) is 22.7. The van der Waals surface area contributed by atoms with Gasteiger partial charge in [0.25, 0.3) is 0 Å². The fourth-order valence-corrected chi connectivity index (χ4v) is 5.77. The standard InChI is InChI=1S/C23H27ClN4O3S/c1-17-5-8-19(9-6-17)23-25-22(31-26-23)4-3-11-27-12-14-28(15-13-27)32(29,30)21-10-7-18(2)16-20(21)24/h5-10,16H,3-4,11-15H2,1-2H3. The Morgan fingerprint density at radius 3 is 2.38 bits per heavy atom. The maximum absolute atomic E-state index is 13.0. The number of hydrogen-bond acceptors (Lipinski definition) is 6. The van der Waals surface area contributed by atoms with Gasteiger partial charge in [0, 0.05) is 38.2 Å². The first-order valence-electron chi connectivity index (χ1n) is 10.7. The Balaban J connectivity index is 1.26. The molecule has 1 aliphatic heterocycles. The van der Waals surface area contributed by atoms with Crippen molar-refractivity contribution in [2.24, 2.45) is 0 Å². The summed E-state index contributed by atoms with van der Waals surface area (Å²) in [4.78, 5) is 6.93. The molecule has 0 N–H and O–H groups in total. The highest BCUT2D eigenvalue weighted by Crippen LogP contribution is 2.26. The van der Waals surface area contributed by atoms with Crippen molar-refractivity contribution >= 4 is 21.6 Å². The van der Waals surface area contributed by atoms with E-state index in [-0.39, 0.29) is 9.92 Å². The number of sulfonamides is 1. The van der Waals surface area contributed by atoms with Crippen LogP contribution < -0.4 is 0 Å². The van der Waals surface area contributed by atoms with Gasteiger partial charge in [-0.15, -0.1) is 0 Å². The predicted molar refractivity (Wildman–Crippen MR) is 124 cm³/mol. The Kier molecular flexibility index (Phi) is 6.95. The van der Waals surface area contributed by atoms with Gasteiger partial charge in [0.05, 0.1) is 5.02 Å². The molecule has 0 radical (unpaired) electrons. The van der Waals surface area contributed by atoms with Crippen molar-refractivity contribution in [1.29, 1.82) is 0 Å². The summed E-state index contributed by atoms with van der Waals surface area (Å²) in [5.41, 5.74) is 3.06. The number of benzene rings is 2. The van der Waals surface area contributed by atoms with E-state index in [4.69, 9.17) is 16.1 Å². The maximum atomic E-state index is 13.0. The van der Waals surface area contributed by atoms with E-state index < -0.39 is 10.0 Å². The van der Waals surface area contributed by atoms with Gasteiger partial charge in [0.1, 0.15) is 4.90 Å². The summed E-state index contributed by atoms with van der Waals surface area (Å²) < 4.78 is 32.8. The first-order valence-corrected chi connectivity index (χ1v) is 12.5. The molecule has 32 heavy (non-hydrogen) atoms. The van der Waals surface area contributed by atoms with Crippen molar-refractivity contribution in [2.45, 2.75) is 31.6 Å². The molecule has 1 saturated heterocycles. The molecule has 2 heterocycles. The number of rotatable bonds is 7. The molecule has 1 aliphatic rings. The highest BCUT2D eigenvalue weighted by Gasteiger charge is 2.30. The van der Waals surface area contributed by atoms with Crippen molar-refractivity contribution in [3.05, 3.63) is 64.5 Å². The summed E-state index contributed by atoms with van der Waals surface area (Å²) in [6, 6.07) is 13.1. The van der Waals surface area contributed by atoms with Crippen LogP contribution in [0.4, 0.5) is 0 Å². The molecule has 0 spiro atoms. The number of aryl methyl sites for hydroxylation is 3. The third-order valence-corrected chi connectivity index (χ3v) is 8.06. The Morgan fingerprint density at radius 2 is 1.69 bits per heavy atom. The van der Waals surface area contributed by atoms with Gasteiger partial charge in [-0.2, -0.15) is 9.29 Å². The lowest BCUT2D eigenvalue weighted by atomic mass is 10.1. The number of halogens is 1. The van der Waals surface area contributed by atoms with Crippen LogP contribution in [0.15, 0.2) is 51.9 Å². The number of nitrogens with zero attached hydrogens (tertiary/aromatic N) is 4. The summed E-state index contributed by atoms with van der Waals surface area (Å²) in [7, 11) is -3.58. The van der Waals surface area contributed by atoms with E-state index in [1.54, 1.807) is 18.2 Å². The minimum atomic E-state index is -3.58. The van der Waals surface area contributed by atoms with Gasteiger partial charge in [0.2, 0.25) is 21.7 Å². The zero-order valence-electron chi connectivity index (χ0n) is 18.3. The first-order chi connectivity index (χ1) is 15.3. The lowest BCUT2D eigenvalue weighted by Crippen LogP contribution is -2.48. The van der Waals surface area contributed by atoms with Crippen molar-refractivity contribution in [2.75, 3.05) is 32.7 Å². The van der Waals surface area contributed by atoms with Crippen molar-refractivity contribution < 1.29 is 12.9 Å². The maximum Gasteiger partial charge on any atom is 0.244 e. The first kappa shape index (κ1) is 22.9. The summed E-state index contributed by atoms with van der Waals surface area (Å²) in [6.45, 7) is 7.04. The second kappa shape index (κ2) is 9.70. The van der Waals surface area contributed by atoms with Gasteiger partial charge in [-0.3, -0.25) is 0 Å². The number of aromatic nitrogens is 2. The minimum Gasteiger partial charge on any atom is -0.339 e. The van der Waals surface area contributed by atoms with Crippen LogP contribution in [-0.2, 0) is 16.4 Å². The predicted octanol–water partition coefficient (Wildman–Crippen LogP) is 3.95. The molecule has 170 valence electrons. The Morgan fingerprint density at radius 1 is 1.00 bits per heavy atom. The Labute approximate surface area is 194 Å². The molecule has 0 bridgehead atoms.